The molecule has 38 heavy (non-hydrogen) atoms. The molecule has 5 rings (SSSR count). The summed E-state index contributed by atoms with van der Waals surface area (Å²) in [5.41, 5.74) is 0.768. The predicted molar refractivity (Wildman–Crippen MR) is 148 cm³/mol. The molecule has 0 radical (unpaired) electrons. The van der Waals surface area contributed by atoms with Crippen LogP contribution in [0.25, 0.3) is 21.0 Å². The lowest BCUT2D eigenvalue weighted by atomic mass is 10.1. The standard InChI is InChI=1S/C29H29N3O5S/c1-3-9-23(34)30-19-14-15-31(16-19)29(36)27-25(37-2)24-26(38-27)20-12-7-8-13-21(20)32(28(24)35)17-22(33)18-10-5-4-6-11-18/h4-8,10-13,19H,3,9,14-17H2,1-2H3,(H,30,34). The highest BCUT2D eigenvalue weighted by molar-refractivity contribution is 7.22. The summed E-state index contributed by atoms with van der Waals surface area (Å²) in [5, 5.41) is 4.07. The van der Waals surface area contributed by atoms with Gasteiger partial charge in [-0.25, -0.2) is 0 Å². The van der Waals surface area contributed by atoms with Gasteiger partial charge in [0.05, 0.1) is 23.9 Å². The summed E-state index contributed by atoms with van der Waals surface area (Å²) >= 11 is 1.23. The molecule has 0 bridgehead atoms. The second kappa shape index (κ2) is 10.8. The number of carbonyl (C=O) groups excluding carboxylic acids is 3. The van der Waals surface area contributed by atoms with Gasteiger partial charge in [-0.05, 0) is 18.9 Å². The highest BCUT2D eigenvalue weighted by atomic mass is 32.1. The van der Waals surface area contributed by atoms with Crippen molar-refractivity contribution in [2.75, 3.05) is 20.2 Å². The summed E-state index contributed by atoms with van der Waals surface area (Å²) in [4.78, 5) is 54.6. The van der Waals surface area contributed by atoms with Gasteiger partial charge in [0.2, 0.25) is 5.91 Å². The number of Topliss-reactive ketones (excluding diaryl/α,β-unsaturated/α-hetero) is 1. The number of para-hydroxylation sites is 1. The number of hydrogen-bond donors (Lipinski definition) is 1. The van der Waals surface area contributed by atoms with Crippen LogP contribution in [0.4, 0.5) is 0 Å². The number of benzene rings is 2. The lowest BCUT2D eigenvalue weighted by Crippen LogP contribution is -2.38. The number of aromatic nitrogens is 1. The molecule has 0 aliphatic carbocycles. The summed E-state index contributed by atoms with van der Waals surface area (Å²) in [6.07, 6.45) is 1.90. The first-order valence-corrected chi connectivity index (χ1v) is 13.5. The van der Waals surface area contributed by atoms with Gasteiger partial charge in [0, 0.05) is 36.5 Å². The van der Waals surface area contributed by atoms with Crippen molar-refractivity contribution in [2.24, 2.45) is 0 Å². The number of fused-ring (bicyclic) bond motifs is 3. The van der Waals surface area contributed by atoms with Crippen molar-refractivity contribution in [3.63, 3.8) is 0 Å². The smallest absolute Gasteiger partial charge is 0.267 e. The molecule has 2 aromatic heterocycles. The minimum absolute atomic E-state index is 0.0108. The second-order valence-corrected chi connectivity index (χ2v) is 10.4. The largest absolute Gasteiger partial charge is 0.494 e. The van der Waals surface area contributed by atoms with Crippen molar-refractivity contribution in [1.29, 1.82) is 0 Å². The van der Waals surface area contributed by atoms with Gasteiger partial charge in [0.1, 0.15) is 10.3 Å². The zero-order chi connectivity index (χ0) is 26.8. The number of amides is 2. The minimum Gasteiger partial charge on any atom is -0.494 e. The highest BCUT2D eigenvalue weighted by Gasteiger charge is 2.32. The molecule has 0 saturated carbocycles. The van der Waals surface area contributed by atoms with Crippen LogP contribution < -0.4 is 15.6 Å². The Morgan fingerprint density at radius 2 is 1.82 bits per heavy atom. The fourth-order valence-corrected chi connectivity index (χ4v) is 6.29. The fraction of sp³-hybridized carbons (Fsp3) is 0.310. The number of thiophene rings is 1. The lowest BCUT2D eigenvalue weighted by molar-refractivity contribution is -0.121. The fourth-order valence-electron chi connectivity index (χ4n) is 5.03. The van der Waals surface area contributed by atoms with E-state index in [2.05, 4.69) is 5.32 Å². The monoisotopic (exact) mass is 531 g/mol. The van der Waals surface area contributed by atoms with Crippen LogP contribution in [-0.2, 0) is 11.3 Å². The Bertz CT molecular complexity index is 1590. The number of nitrogens with one attached hydrogen (secondary N) is 1. The van der Waals surface area contributed by atoms with Crippen molar-refractivity contribution in [3.8, 4) is 5.75 Å². The van der Waals surface area contributed by atoms with Gasteiger partial charge in [-0.15, -0.1) is 11.3 Å². The molecule has 2 aromatic carbocycles. The zero-order valence-electron chi connectivity index (χ0n) is 21.4. The van der Waals surface area contributed by atoms with Gasteiger partial charge in [0.25, 0.3) is 11.5 Å². The summed E-state index contributed by atoms with van der Waals surface area (Å²) in [5.74, 6) is -0.199. The van der Waals surface area contributed by atoms with Crippen molar-refractivity contribution in [2.45, 2.75) is 38.8 Å². The molecule has 1 N–H and O–H groups in total. The molecule has 0 spiro atoms. The summed E-state index contributed by atoms with van der Waals surface area (Å²) in [6.45, 7) is 2.73. The number of ether oxygens (including phenoxy) is 1. The van der Waals surface area contributed by atoms with Gasteiger partial charge in [-0.2, -0.15) is 0 Å². The van der Waals surface area contributed by atoms with Gasteiger partial charge < -0.3 is 15.0 Å². The van der Waals surface area contributed by atoms with E-state index in [4.69, 9.17) is 4.74 Å². The number of pyridine rings is 1. The molecular weight excluding hydrogens is 502 g/mol. The number of rotatable bonds is 8. The van der Waals surface area contributed by atoms with E-state index in [1.807, 2.05) is 37.3 Å². The molecule has 4 aromatic rings. The van der Waals surface area contributed by atoms with E-state index in [9.17, 15) is 19.2 Å². The molecule has 1 unspecified atom stereocenters. The van der Waals surface area contributed by atoms with E-state index < -0.39 is 0 Å². The Morgan fingerprint density at radius 3 is 2.55 bits per heavy atom. The van der Waals surface area contributed by atoms with E-state index >= 15 is 0 Å². The average molecular weight is 532 g/mol. The summed E-state index contributed by atoms with van der Waals surface area (Å²) in [6, 6.07) is 16.2. The van der Waals surface area contributed by atoms with Crippen molar-refractivity contribution < 1.29 is 19.1 Å². The van der Waals surface area contributed by atoms with Crippen molar-refractivity contribution in [3.05, 3.63) is 75.4 Å². The van der Waals surface area contributed by atoms with Crippen LogP contribution in [0.1, 0.15) is 46.2 Å². The third-order valence-electron chi connectivity index (χ3n) is 6.88. The maximum Gasteiger partial charge on any atom is 0.267 e. The third-order valence-corrected chi connectivity index (χ3v) is 8.07. The van der Waals surface area contributed by atoms with Crippen LogP contribution in [0.2, 0.25) is 0 Å². The Kier molecular flexibility index (Phi) is 7.28. The predicted octanol–water partition coefficient (Wildman–Crippen LogP) is 4.24. The van der Waals surface area contributed by atoms with Crippen LogP contribution in [0, 0.1) is 0 Å². The maximum atomic E-state index is 13.8. The number of methoxy groups -OCH3 is 1. The first kappa shape index (κ1) is 25.7. The van der Waals surface area contributed by atoms with Crippen molar-refractivity contribution in [1.82, 2.24) is 14.8 Å². The number of ketones is 1. The summed E-state index contributed by atoms with van der Waals surface area (Å²) < 4.78 is 7.79. The van der Waals surface area contributed by atoms with Gasteiger partial charge in [-0.3, -0.25) is 23.7 Å². The first-order chi connectivity index (χ1) is 18.4. The van der Waals surface area contributed by atoms with Crippen molar-refractivity contribution >= 4 is 49.9 Å². The molecule has 3 heterocycles. The molecule has 1 aliphatic heterocycles. The number of likely N-dealkylation sites (tertiary alicyclic amines) is 1. The Balaban J connectivity index is 1.55. The molecule has 2 amide bonds. The Labute approximate surface area is 223 Å². The molecule has 9 heteroatoms. The van der Waals surface area contributed by atoms with E-state index in [0.717, 1.165) is 11.8 Å². The molecular formula is C29H29N3O5S. The lowest BCUT2D eigenvalue weighted by Gasteiger charge is -2.17. The SMILES string of the molecule is CCCC(=O)NC1CCN(C(=O)c2sc3c(c2OC)c(=O)n(CC(=O)c2ccccc2)c2ccccc32)C1. The van der Waals surface area contributed by atoms with E-state index in [0.29, 0.717) is 52.0 Å². The zero-order valence-corrected chi connectivity index (χ0v) is 22.2. The van der Waals surface area contributed by atoms with Gasteiger partial charge in [0.15, 0.2) is 11.5 Å². The molecule has 1 aliphatic rings. The average Bonchev–Trinajstić information content (AvgIpc) is 3.56. The number of carbonyl (C=O) groups is 3. The summed E-state index contributed by atoms with van der Waals surface area (Å²) in [7, 11) is 1.45. The van der Waals surface area contributed by atoms with E-state index in [1.54, 1.807) is 29.2 Å². The Hall–Kier alpha value is -3.98. The topological polar surface area (TPSA) is 97.7 Å². The quantitative estimate of drug-likeness (QED) is 0.343. The van der Waals surface area contributed by atoms with E-state index in [1.165, 1.54) is 23.0 Å². The maximum absolute atomic E-state index is 13.8. The highest BCUT2D eigenvalue weighted by Crippen LogP contribution is 2.40. The second-order valence-electron chi connectivity index (χ2n) is 9.42. The number of nitrogens with zero attached hydrogens (tertiary/aromatic N) is 2. The Morgan fingerprint density at radius 1 is 1.08 bits per heavy atom. The van der Waals surface area contributed by atoms with Crippen LogP contribution in [0.3, 0.4) is 0 Å². The van der Waals surface area contributed by atoms with Gasteiger partial charge >= 0.3 is 0 Å². The minimum atomic E-state index is -0.374. The van der Waals surface area contributed by atoms with Gasteiger partial charge in [-0.1, -0.05) is 55.5 Å². The molecule has 8 nitrogen and oxygen atoms in total. The molecule has 196 valence electrons. The number of hydrogen-bond acceptors (Lipinski definition) is 6. The molecule has 1 saturated heterocycles. The van der Waals surface area contributed by atoms with E-state index in [-0.39, 0.29) is 41.5 Å². The van der Waals surface area contributed by atoms with Crippen LogP contribution in [0.5, 0.6) is 5.75 Å². The van der Waals surface area contributed by atoms with Crippen LogP contribution >= 0.6 is 11.3 Å². The molecule has 1 atom stereocenters. The third kappa shape index (κ3) is 4.69. The first-order valence-electron chi connectivity index (χ1n) is 12.7. The van der Waals surface area contributed by atoms with Crippen LogP contribution in [0.15, 0.2) is 59.4 Å². The van der Waals surface area contributed by atoms with Crippen LogP contribution in [-0.4, -0.2) is 53.3 Å². The molecule has 1 fully saturated rings. The normalized spacial score (nSPS) is 15.2.